The summed E-state index contributed by atoms with van der Waals surface area (Å²) in [5.41, 5.74) is 2.81. The van der Waals surface area contributed by atoms with Gasteiger partial charge < -0.3 is 20.3 Å². The average molecular weight is 393 g/mol. The largest absolute Gasteiger partial charge is 0.380 e. The molecule has 0 saturated carbocycles. The first kappa shape index (κ1) is 17.9. The maximum atomic E-state index is 12.2. The number of benzene rings is 1. The molecule has 2 aromatic heterocycles. The van der Waals surface area contributed by atoms with Crippen LogP contribution in [-0.4, -0.2) is 51.8 Å². The average Bonchev–Trinajstić information content (AvgIpc) is 3.05. The van der Waals surface area contributed by atoms with E-state index >= 15 is 0 Å². The van der Waals surface area contributed by atoms with Crippen molar-refractivity contribution in [1.29, 1.82) is 0 Å². The molecule has 5 rings (SSSR count). The third kappa shape index (κ3) is 3.07. The Morgan fingerprint density at radius 3 is 3.03 bits per heavy atom. The van der Waals surface area contributed by atoms with Crippen molar-refractivity contribution < 1.29 is 9.53 Å². The predicted octanol–water partition coefficient (Wildman–Crippen LogP) is 2.32. The maximum Gasteiger partial charge on any atom is 0.247 e. The van der Waals surface area contributed by atoms with E-state index in [1.54, 1.807) is 16.9 Å². The Hall–Kier alpha value is -3.20. The summed E-state index contributed by atoms with van der Waals surface area (Å²) in [5.74, 6) is 1.29. The Balaban J connectivity index is 1.44. The van der Waals surface area contributed by atoms with Crippen LogP contribution >= 0.6 is 0 Å². The molecular formula is C20H23N7O2. The molecule has 2 aliphatic rings. The number of nitrogens with one attached hydrogen (secondary N) is 2. The number of nitrogens with zero attached hydrogens (tertiary/aromatic N) is 5. The fourth-order valence-corrected chi connectivity index (χ4v) is 3.84. The van der Waals surface area contributed by atoms with Crippen LogP contribution in [0.3, 0.4) is 0 Å². The standard InChI is InChI=1S/C20H23N7O2/c1-20(2)14-5-4-13(12-15(14)23-18(20)28)22-19-24-17-16(21-6-8-27(17)25-19)26-7-3-10-29-11-9-26/h4-6,8,12H,3,7,9-11H2,1-2H3,(H,22,25)(H,23,28). The molecule has 9 nitrogen and oxygen atoms in total. The number of rotatable bonds is 3. The van der Waals surface area contributed by atoms with Gasteiger partial charge in [-0.1, -0.05) is 6.07 Å². The SMILES string of the molecule is CC1(C)C(=O)Nc2cc(Nc3nc4c(N5CCCOCC5)nccn4n3)ccc21. The van der Waals surface area contributed by atoms with Crippen LogP contribution < -0.4 is 15.5 Å². The molecular weight excluding hydrogens is 370 g/mol. The molecule has 2 N–H and O–H groups in total. The Labute approximate surface area is 168 Å². The molecule has 29 heavy (non-hydrogen) atoms. The fourth-order valence-electron chi connectivity index (χ4n) is 3.84. The molecule has 4 heterocycles. The summed E-state index contributed by atoms with van der Waals surface area (Å²) < 4.78 is 7.28. The zero-order valence-electron chi connectivity index (χ0n) is 16.5. The zero-order valence-corrected chi connectivity index (χ0v) is 16.5. The lowest BCUT2D eigenvalue weighted by atomic mass is 9.86. The molecule has 150 valence electrons. The van der Waals surface area contributed by atoms with Crippen molar-refractivity contribution in [2.45, 2.75) is 25.7 Å². The number of anilines is 4. The monoisotopic (exact) mass is 393 g/mol. The Morgan fingerprint density at radius 1 is 1.24 bits per heavy atom. The molecule has 1 fully saturated rings. The molecule has 1 aromatic carbocycles. The van der Waals surface area contributed by atoms with Gasteiger partial charge in [0.15, 0.2) is 11.5 Å². The van der Waals surface area contributed by atoms with Gasteiger partial charge in [0.05, 0.1) is 12.0 Å². The van der Waals surface area contributed by atoms with Gasteiger partial charge >= 0.3 is 0 Å². The van der Waals surface area contributed by atoms with Crippen LogP contribution in [0, 0.1) is 0 Å². The summed E-state index contributed by atoms with van der Waals surface area (Å²) in [7, 11) is 0. The van der Waals surface area contributed by atoms with Gasteiger partial charge in [-0.25, -0.2) is 9.50 Å². The molecule has 9 heteroatoms. The van der Waals surface area contributed by atoms with Gasteiger partial charge in [0.2, 0.25) is 11.9 Å². The molecule has 0 spiro atoms. The molecule has 1 amide bonds. The van der Waals surface area contributed by atoms with E-state index in [4.69, 9.17) is 4.74 Å². The number of fused-ring (bicyclic) bond motifs is 2. The first-order chi connectivity index (χ1) is 14.0. The highest BCUT2D eigenvalue weighted by atomic mass is 16.5. The highest BCUT2D eigenvalue weighted by Gasteiger charge is 2.38. The lowest BCUT2D eigenvalue weighted by Gasteiger charge is -2.20. The minimum absolute atomic E-state index is 0.00708. The molecule has 2 aliphatic heterocycles. The van der Waals surface area contributed by atoms with Crippen LogP contribution in [0.2, 0.25) is 0 Å². The first-order valence-electron chi connectivity index (χ1n) is 9.79. The van der Waals surface area contributed by atoms with Crippen molar-refractivity contribution in [2.24, 2.45) is 0 Å². The zero-order chi connectivity index (χ0) is 20.0. The third-order valence-electron chi connectivity index (χ3n) is 5.52. The summed E-state index contributed by atoms with van der Waals surface area (Å²) in [5, 5.41) is 10.7. The van der Waals surface area contributed by atoms with Crippen molar-refractivity contribution in [3.8, 4) is 0 Å². The van der Waals surface area contributed by atoms with E-state index in [1.165, 1.54) is 0 Å². The molecule has 0 unspecified atom stereocenters. The van der Waals surface area contributed by atoms with Crippen LogP contribution in [0.5, 0.6) is 0 Å². The lowest BCUT2D eigenvalue weighted by molar-refractivity contribution is -0.119. The lowest BCUT2D eigenvalue weighted by Crippen LogP contribution is -2.27. The van der Waals surface area contributed by atoms with E-state index in [-0.39, 0.29) is 5.91 Å². The molecule has 3 aromatic rings. The number of ether oxygens (including phenoxy) is 1. The number of hydrogen-bond donors (Lipinski definition) is 2. The van der Waals surface area contributed by atoms with Gasteiger partial charge in [0, 0.05) is 43.5 Å². The molecule has 0 aliphatic carbocycles. The molecule has 1 saturated heterocycles. The van der Waals surface area contributed by atoms with Gasteiger partial charge in [-0.3, -0.25) is 4.79 Å². The number of aromatic nitrogens is 4. The highest BCUT2D eigenvalue weighted by molar-refractivity contribution is 6.06. The normalized spacial score (nSPS) is 18.4. The van der Waals surface area contributed by atoms with Crippen molar-refractivity contribution >= 4 is 34.7 Å². The van der Waals surface area contributed by atoms with E-state index < -0.39 is 5.41 Å². The molecule has 0 radical (unpaired) electrons. The van der Waals surface area contributed by atoms with Crippen molar-refractivity contribution in [3.05, 3.63) is 36.2 Å². The molecule has 0 bridgehead atoms. The first-order valence-corrected chi connectivity index (χ1v) is 9.79. The Kier molecular flexibility index (Phi) is 4.13. The number of carbonyl (C=O) groups excluding carboxylic acids is 1. The summed E-state index contributed by atoms with van der Waals surface area (Å²) in [6, 6.07) is 5.83. The fraction of sp³-hybridized carbons (Fsp3) is 0.400. The minimum Gasteiger partial charge on any atom is -0.380 e. The van der Waals surface area contributed by atoms with Gasteiger partial charge in [-0.15, -0.1) is 5.10 Å². The van der Waals surface area contributed by atoms with Crippen LogP contribution in [-0.2, 0) is 14.9 Å². The highest BCUT2D eigenvalue weighted by Crippen LogP contribution is 2.38. The molecule has 0 atom stereocenters. The predicted molar refractivity (Wildman–Crippen MR) is 110 cm³/mol. The number of amides is 1. The van der Waals surface area contributed by atoms with E-state index in [0.717, 1.165) is 48.9 Å². The van der Waals surface area contributed by atoms with Crippen LogP contribution in [0.4, 0.5) is 23.1 Å². The van der Waals surface area contributed by atoms with E-state index in [0.29, 0.717) is 18.2 Å². The van der Waals surface area contributed by atoms with Gasteiger partial charge in [-0.2, -0.15) is 4.98 Å². The third-order valence-corrected chi connectivity index (χ3v) is 5.52. The Morgan fingerprint density at radius 2 is 2.14 bits per heavy atom. The summed E-state index contributed by atoms with van der Waals surface area (Å²) in [4.78, 5) is 23.6. The second-order valence-corrected chi connectivity index (χ2v) is 7.87. The maximum absolute atomic E-state index is 12.2. The van der Waals surface area contributed by atoms with Gasteiger partial charge in [0.1, 0.15) is 0 Å². The van der Waals surface area contributed by atoms with Gasteiger partial charge in [0.25, 0.3) is 0 Å². The van der Waals surface area contributed by atoms with Crippen molar-refractivity contribution in [3.63, 3.8) is 0 Å². The second kappa shape index (κ2) is 6.70. The van der Waals surface area contributed by atoms with Crippen LogP contribution in [0.15, 0.2) is 30.6 Å². The summed E-state index contributed by atoms with van der Waals surface area (Å²) in [6.07, 6.45) is 4.48. The van der Waals surface area contributed by atoms with E-state index in [9.17, 15) is 4.79 Å². The topological polar surface area (TPSA) is 96.7 Å². The summed E-state index contributed by atoms with van der Waals surface area (Å²) in [6.45, 7) is 6.95. The van der Waals surface area contributed by atoms with Crippen molar-refractivity contribution in [1.82, 2.24) is 19.6 Å². The van der Waals surface area contributed by atoms with Gasteiger partial charge in [-0.05, 0) is 38.0 Å². The summed E-state index contributed by atoms with van der Waals surface area (Å²) >= 11 is 0. The number of carbonyl (C=O) groups is 1. The van der Waals surface area contributed by atoms with Crippen LogP contribution in [0.1, 0.15) is 25.8 Å². The van der Waals surface area contributed by atoms with Crippen molar-refractivity contribution in [2.75, 3.05) is 41.8 Å². The minimum atomic E-state index is -0.521. The smallest absolute Gasteiger partial charge is 0.247 e. The quantitative estimate of drug-likeness (QED) is 0.705. The Bertz CT molecular complexity index is 1080. The van der Waals surface area contributed by atoms with Crippen LogP contribution in [0.25, 0.3) is 5.65 Å². The van der Waals surface area contributed by atoms with E-state index in [1.807, 2.05) is 32.0 Å². The van der Waals surface area contributed by atoms with E-state index in [2.05, 4.69) is 30.6 Å². The number of hydrogen-bond acceptors (Lipinski definition) is 7. The second-order valence-electron chi connectivity index (χ2n) is 7.87.